The Morgan fingerprint density at radius 1 is 1.00 bits per heavy atom. The van der Waals surface area contributed by atoms with Crippen molar-refractivity contribution in [2.45, 2.75) is 48.0 Å². The van der Waals surface area contributed by atoms with Gasteiger partial charge in [0, 0.05) is 7.11 Å². The molecule has 1 N–H and O–H groups in total. The Bertz CT molecular complexity index is 237. The monoisotopic (exact) mass is 238 g/mol. The van der Waals surface area contributed by atoms with Crippen LogP contribution >= 0.6 is 0 Å². The molecule has 0 aliphatic heterocycles. The van der Waals surface area contributed by atoms with Crippen LogP contribution in [-0.2, 0) is 0 Å². The molecule has 1 rings (SSSR count). The van der Waals surface area contributed by atoms with Crippen LogP contribution in [-0.4, -0.2) is 12.2 Å². The number of aliphatic hydroxyl groups excluding tert-OH is 1. The quantitative estimate of drug-likeness (QED) is 0.754. The van der Waals surface area contributed by atoms with Crippen molar-refractivity contribution in [1.29, 1.82) is 0 Å². The molecule has 0 atom stereocenters. The SMILES string of the molecule is CC.CC.CC=C(CC)c1ccccc1.CO. The summed E-state index contributed by atoms with van der Waals surface area (Å²) in [4.78, 5) is 0. The summed E-state index contributed by atoms with van der Waals surface area (Å²) in [7, 11) is 1.00. The molecule has 0 saturated heterocycles. The van der Waals surface area contributed by atoms with Gasteiger partial charge in [0.15, 0.2) is 0 Å². The van der Waals surface area contributed by atoms with Crippen LogP contribution in [0.2, 0.25) is 0 Å². The van der Waals surface area contributed by atoms with Crippen LogP contribution in [0, 0.1) is 0 Å². The molecule has 100 valence electrons. The van der Waals surface area contributed by atoms with Crippen LogP contribution in [0.3, 0.4) is 0 Å². The highest BCUT2D eigenvalue weighted by Crippen LogP contribution is 2.16. The molecule has 0 aliphatic carbocycles. The Balaban J connectivity index is -0.000000285. The van der Waals surface area contributed by atoms with E-state index in [1.807, 2.05) is 33.8 Å². The zero-order valence-corrected chi connectivity index (χ0v) is 12.6. The molecule has 1 aromatic carbocycles. The van der Waals surface area contributed by atoms with E-state index >= 15 is 0 Å². The van der Waals surface area contributed by atoms with Crippen molar-refractivity contribution in [3.05, 3.63) is 42.0 Å². The summed E-state index contributed by atoms with van der Waals surface area (Å²) in [5, 5.41) is 7.00. The average Bonchev–Trinajstić information content (AvgIpc) is 2.48. The Labute approximate surface area is 108 Å². The predicted molar refractivity (Wildman–Crippen MR) is 81.2 cm³/mol. The van der Waals surface area contributed by atoms with Crippen molar-refractivity contribution in [3.63, 3.8) is 0 Å². The van der Waals surface area contributed by atoms with Gasteiger partial charge in [0.1, 0.15) is 0 Å². The first-order valence-corrected chi connectivity index (χ1v) is 6.53. The lowest BCUT2D eigenvalue weighted by Gasteiger charge is -2.01. The third-order valence-corrected chi connectivity index (χ3v) is 1.87. The Morgan fingerprint density at radius 2 is 1.41 bits per heavy atom. The summed E-state index contributed by atoms with van der Waals surface area (Å²) in [6.07, 6.45) is 3.29. The van der Waals surface area contributed by atoms with E-state index in [0.29, 0.717) is 0 Å². The highest BCUT2D eigenvalue weighted by atomic mass is 16.2. The molecule has 0 saturated carbocycles. The second-order valence-corrected chi connectivity index (χ2v) is 2.53. The molecule has 1 aromatic rings. The molecule has 0 amide bonds. The maximum atomic E-state index is 7.00. The first kappa shape index (κ1) is 21.2. The second kappa shape index (κ2) is 20.3. The third kappa shape index (κ3) is 11.2. The number of allylic oxidation sites excluding steroid dienone is 2. The largest absolute Gasteiger partial charge is 0.400 e. The molecule has 1 nitrogen and oxygen atoms in total. The molecular formula is C16H30O. The van der Waals surface area contributed by atoms with Crippen LogP contribution in [0.25, 0.3) is 5.57 Å². The van der Waals surface area contributed by atoms with Crippen LogP contribution in [0.5, 0.6) is 0 Å². The zero-order valence-electron chi connectivity index (χ0n) is 12.6. The number of aliphatic hydroxyl groups is 1. The first-order valence-electron chi connectivity index (χ1n) is 6.53. The summed E-state index contributed by atoms with van der Waals surface area (Å²) in [5.41, 5.74) is 2.77. The zero-order chi connectivity index (χ0) is 14.1. The number of hydrogen-bond acceptors (Lipinski definition) is 1. The van der Waals surface area contributed by atoms with Gasteiger partial charge in [0.2, 0.25) is 0 Å². The Hall–Kier alpha value is -1.08. The minimum atomic E-state index is 1.00. The van der Waals surface area contributed by atoms with Gasteiger partial charge in [-0.15, -0.1) is 0 Å². The van der Waals surface area contributed by atoms with Crippen molar-refractivity contribution in [2.24, 2.45) is 0 Å². The third-order valence-electron chi connectivity index (χ3n) is 1.87. The lowest BCUT2D eigenvalue weighted by molar-refractivity contribution is 0.399. The van der Waals surface area contributed by atoms with Gasteiger partial charge < -0.3 is 5.11 Å². The highest BCUT2D eigenvalue weighted by Gasteiger charge is 1.93. The molecule has 0 bridgehead atoms. The number of rotatable bonds is 2. The highest BCUT2D eigenvalue weighted by molar-refractivity contribution is 5.64. The molecule has 0 spiro atoms. The summed E-state index contributed by atoms with van der Waals surface area (Å²) in [6.45, 7) is 12.3. The minimum Gasteiger partial charge on any atom is -0.400 e. The Morgan fingerprint density at radius 3 is 1.71 bits per heavy atom. The van der Waals surface area contributed by atoms with Gasteiger partial charge in [-0.25, -0.2) is 0 Å². The van der Waals surface area contributed by atoms with Crippen LogP contribution in [0.15, 0.2) is 36.4 Å². The summed E-state index contributed by atoms with van der Waals surface area (Å²) in [5.74, 6) is 0. The van der Waals surface area contributed by atoms with Crippen molar-refractivity contribution in [2.75, 3.05) is 7.11 Å². The maximum Gasteiger partial charge on any atom is 0.0319 e. The normalized spacial score (nSPS) is 8.59. The van der Waals surface area contributed by atoms with E-state index in [2.05, 4.69) is 44.2 Å². The van der Waals surface area contributed by atoms with E-state index in [1.54, 1.807) is 0 Å². The molecular weight excluding hydrogens is 208 g/mol. The lowest BCUT2D eigenvalue weighted by atomic mass is 10.0. The summed E-state index contributed by atoms with van der Waals surface area (Å²) in [6, 6.07) is 10.5. The molecule has 0 heterocycles. The molecule has 0 unspecified atom stereocenters. The van der Waals surface area contributed by atoms with E-state index in [1.165, 1.54) is 11.1 Å². The summed E-state index contributed by atoms with van der Waals surface area (Å²) >= 11 is 0. The second-order valence-electron chi connectivity index (χ2n) is 2.53. The molecule has 1 heteroatoms. The van der Waals surface area contributed by atoms with Crippen molar-refractivity contribution < 1.29 is 5.11 Å². The minimum absolute atomic E-state index is 1.00. The average molecular weight is 238 g/mol. The smallest absolute Gasteiger partial charge is 0.0319 e. The van der Waals surface area contributed by atoms with E-state index in [4.69, 9.17) is 5.11 Å². The van der Waals surface area contributed by atoms with Crippen LogP contribution < -0.4 is 0 Å². The standard InChI is InChI=1S/C11H14.2C2H6.CH4O/c1-3-10(4-2)11-8-6-5-7-9-11;3*1-2/h3,5-9H,4H2,1-2H3;2*1-2H3;2H,1H3. The fourth-order valence-electron chi connectivity index (χ4n) is 1.23. The topological polar surface area (TPSA) is 20.2 Å². The number of benzene rings is 1. The van der Waals surface area contributed by atoms with Crippen LogP contribution in [0.4, 0.5) is 0 Å². The van der Waals surface area contributed by atoms with Gasteiger partial charge in [0.25, 0.3) is 0 Å². The molecule has 17 heavy (non-hydrogen) atoms. The van der Waals surface area contributed by atoms with E-state index < -0.39 is 0 Å². The molecule has 0 aromatic heterocycles. The Kier molecular flexibility index (Phi) is 25.4. The fourth-order valence-corrected chi connectivity index (χ4v) is 1.23. The van der Waals surface area contributed by atoms with Gasteiger partial charge >= 0.3 is 0 Å². The first-order chi connectivity index (χ1) is 8.38. The van der Waals surface area contributed by atoms with Crippen molar-refractivity contribution in [1.82, 2.24) is 0 Å². The molecule has 0 fully saturated rings. The molecule has 0 aliphatic rings. The van der Waals surface area contributed by atoms with Gasteiger partial charge in [-0.2, -0.15) is 0 Å². The summed E-state index contributed by atoms with van der Waals surface area (Å²) < 4.78 is 0. The fraction of sp³-hybridized carbons (Fsp3) is 0.500. The van der Waals surface area contributed by atoms with Gasteiger partial charge in [-0.3, -0.25) is 0 Å². The van der Waals surface area contributed by atoms with E-state index in [9.17, 15) is 0 Å². The lowest BCUT2D eigenvalue weighted by Crippen LogP contribution is -1.79. The van der Waals surface area contributed by atoms with E-state index in [0.717, 1.165) is 13.5 Å². The number of hydrogen-bond donors (Lipinski definition) is 1. The van der Waals surface area contributed by atoms with E-state index in [-0.39, 0.29) is 0 Å². The van der Waals surface area contributed by atoms with Gasteiger partial charge in [-0.1, -0.05) is 71.0 Å². The van der Waals surface area contributed by atoms with Crippen LogP contribution in [0.1, 0.15) is 53.5 Å². The molecule has 0 radical (unpaired) electrons. The van der Waals surface area contributed by atoms with Gasteiger partial charge in [-0.05, 0) is 24.5 Å². The maximum absolute atomic E-state index is 7.00. The van der Waals surface area contributed by atoms with Crippen molar-refractivity contribution in [3.8, 4) is 0 Å². The van der Waals surface area contributed by atoms with Gasteiger partial charge in [0.05, 0.1) is 0 Å². The van der Waals surface area contributed by atoms with Crippen molar-refractivity contribution >= 4 is 5.57 Å². The predicted octanol–water partition coefficient (Wildman–Crippen LogP) is 5.16.